The van der Waals surface area contributed by atoms with Crippen LogP contribution in [-0.4, -0.2) is 34.9 Å². The molecule has 1 aliphatic carbocycles. The van der Waals surface area contributed by atoms with Gasteiger partial charge in [-0.3, -0.25) is 0 Å². The van der Waals surface area contributed by atoms with Gasteiger partial charge in [-0.05, 0) is 49.8 Å². The van der Waals surface area contributed by atoms with E-state index in [1.54, 1.807) is 0 Å². The average Bonchev–Trinajstić information content (AvgIpc) is 3.52. The van der Waals surface area contributed by atoms with Crippen molar-refractivity contribution in [3.05, 3.63) is 41.7 Å². The Morgan fingerprint density at radius 3 is 2.33 bits per heavy atom. The highest BCUT2D eigenvalue weighted by molar-refractivity contribution is 5.40. The lowest BCUT2D eigenvalue weighted by molar-refractivity contribution is -0.137. The molecule has 2 aromatic rings. The fraction of sp³-hybridized carbons (Fsp3) is 0.526. The van der Waals surface area contributed by atoms with Gasteiger partial charge in [0.05, 0.1) is 17.9 Å². The Morgan fingerprint density at radius 2 is 1.78 bits per heavy atom. The van der Waals surface area contributed by atoms with Crippen molar-refractivity contribution in [1.82, 2.24) is 15.2 Å². The maximum absolute atomic E-state index is 12.6. The summed E-state index contributed by atoms with van der Waals surface area (Å²) in [6.07, 6.45) is 0.735. The maximum Gasteiger partial charge on any atom is 0.417 e. The SMILES string of the molecule is FC(F)(F)c1ccc(N2CCC(COc3ccc(C4CC4)nn3)CC2)nc1. The van der Waals surface area contributed by atoms with Crippen molar-refractivity contribution >= 4 is 5.82 Å². The van der Waals surface area contributed by atoms with Crippen LogP contribution in [0, 0.1) is 5.92 Å². The Labute approximate surface area is 155 Å². The van der Waals surface area contributed by atoms with E-state index < -0.39 is 11.7 Å². The van der Waals surface area contributed by atoms with Crippen LogP contribution >= 0.6 is 0 Å². The van der Waals surface area contributed by atoms with E-state index in [0.717, 1.165) is 43.9 Å². The predicted octanol–water partition coefficient (Wildman–Crippen LogP) is 4.06. The van der Waals surface area contributed by atoms with Gasteiger partial charge in [0.25, 0.3) is 0 Å². The zero-order valence-electron chi connectivity index (χ0n) is 14.8. The first kappa shape index (κ1) is 18.0. The molecule has 1 aliphatic heterocycles. The minimum absolute atomic E-state index is 0.389. The fourth-order valence-electron chi connectivity index (χ4n) is 3.28. The van der Waals surface area contributed by atoms with E-state index in [0.29, 0.717) is 30.1 Å². The third kappa shape index (κ3) is 4.48. The van der Waals surface area contributed by atoms with E-state index in [-0.39, 0.29) is 0 Å². The third-order valence-corrected chi connectivity index (χ3v) is 5.14. The molecule has 144 valence electrons. The van der Waals surface area contributed by atoms with Crippen LogP contribution in [0.5, 0.6) is 5.88 Å². The molecule has 0 N–H and O–H groups in total. The largest absolute Gasteiger partial charge is 0.476 e. The van der Waals surface area contributed by atoms with Crippen molar-refractivity contribution in [3.8, 4) is 5.88 Å². The van der Waals surface area contributed by atoms with Crippen LogP contribution in [0.4, 0.5) is 19.0 Å². The predicted molar refractivity (Wildman–Crippen MR) is 93.7 cm³/mol. The summed E-state index contributed by atoms with van der Waals surface area (Å²) in [6, 6.07) is 6.39. The highest BCUT2D eigenvalue weighted by atomic mass is 19.4. The number of alkyl halides is 3. The molecule has 2 aliphatic rings. The second kappa shape index (κ2) is 7.32. The van der Waals surface area contributed by atoms with Gasteiger partial charge < -0.3 is 9.64 Å². The molecule has 0 unspecified atom stereocenters. The Morgan fingerprint density at radius 1 is 1.00 bits per heavy atom. The van der Waals surface area contributed by atoms with Crippen molar-refractivity contribution in [3.63, 3.8) is 0 Å². The van der Waals surface area contributed by atoms with Gasteiger partial charge in [0, 0.05) is 31.3 Å². The van der Waals surface area contributed by atoms with Gasteiger partial charge in [-0.1, -0.05) is 0 Å². The molecule has 0 amide bonds. The van der Waals surface area contributed by atoms with Crippen LogP contribution in [0.1, 0.15) is 42.9 Å². The van der Waals surface area contributed by atoms with Crippen molar-refractivity contribution in [2.45, 2.75) is 37.8 Å². The molecule has 4 rings (SSSR count). The second-order valence-electron chi connectivity index (χ2n) is 7.21. The molecule has 0 aromatic carbocycles. The number of aromatic nitrogens is 3. The van der Waals surface area contributed by atoms with Gasteiger partial charge in [-0.2, -0.15) is 18.3 Å². The molecule has 0 spiro atoms. The number of hydrogen-bond acceptors (Lipinski definition) is 5. The standard InChI is InChI=1S/C19H21F3N4O/c20-19(21,22)15-3-5-17(23-11-15)26-9-7-13(8-10-26)12-27-18-6-4-16(24-25-18)14-1-2-14/h3-6,11,13-14H,1-2,7-10,12H2. The van der Waals surface area contributed by atoms with E-state index in [2.05, 4.69) is 15.2 Å². The van der Waals surface area contributed by atoms with Crippen LogP contribution in [0.15, 0.2) is 30.5 Å². The van der Waals surface area contributed by atoms with Crippen molar-refractivity contribution in [2.24, 2.45) is 5.92 Å². The molecule has 3 heterocycles. The molecule has 1 saturated heterocycles. The van der Waals surface area contributed by atoms with E-state index in [1.165, 1.54) is 18.9 Å². The lowest BCUT2D eigenvalue weighted by Gasteiger charge is -2.32. The minimum atomic E-state index is -4.35. The van der Waals surface area contributed by atoms with Crippen LogP contribution < -0.4 is 9.64 Å². The molecule has 0 bridgehead atoms. The first-order chi connectivity index (χ1) is 13.0. The number of piperidine rings is 1. The first-order valence-corrected chi connectivity index (χ1v) is 9.23. The van der Waals surface area contributed by atoms with Gasteiger partial charge in [0.15, 0.2) is 0 Å². The topological polar surface area (TPSA) is 51.1 Å². The first-order valence-electron chi connectivity index (χ1n) is 9.23. The van der Waals surface area contributed by atoms with Crippen LogP contribution in [0.25, 0.3) is 0 Å². The normalized spacial score (nSPS) is 18.6. The Balaban J connectivity index is 1.25. The summed E-state index contributed by atoms with van der Waals surface area (Å²) in [5, 5.41) is 8.34. The Hall–Kier alpha value is -2.38. The molecule has 0 atom stereocenters. The highest BCUT2D eigenvalue weighted by Crippen LogP contribution is 2.38. The molecule has 1 saturated carbocycles. The molecule has 2 fully saturated rings. The summed E-state index contributed by atoms with van der Waals surface area (Å²) >= 11 is 0. The van der Waals surface area contributed by atoms with Crippen LogP contribution in [0.3, 0.4) is 0 Å². The number of rotatable bonds is 5. The summed E-state index contributed by atoms with van der Waals surface area (Å²) in [4.78, 5) is 5.99. The van der Waals surface area contributed by atoms with Crippen molar-refractivity contribution < 1.29 is 17.9 Å². The van der Waals surface area contributed by atoms with E-state index in [1.807, 2.05) is 17.0 Å². The fourth-order valence-corrected chi connectivity index (χ4v) is 3.28. The third-order valence-electron chi connectivity index (χ3n) is 5.14. The molecule has 2 aromatic heterocycles. The summed E-state index contributed by atoms with van der Waals surface area (Å²) < 4.78 is 43.6. The number of ether oxygens (including phenoxy) is 1. The summed E-state index contributed by atoms with van der Waals surface area (Å²) in [7, 11) is 0. The Kier molecular flexibility index (Phi) is 4.88. The Bertz CT molecular complexity index is 752. The summed E-state index contributed by atoms with van der Waals surface area (Å²) in [5.74, 6) is 2.10. The van der Waals surface area contributed by atoms with Gasteiger partial charge >= 0.3 is 6.18 Å². The van der Waals surface area contributed by atoms with Gasteiger partial charge in [-0.15, -0.1) is 5.10 Å². The zero-order chi connectivity index (χ0) is 18.9. The summed E-state index contributed by atoms with van der Waals surface area (Å²) in [5.41, 5.74) is 0.322. The number of hydrogen-bond donors (Lipinski definition) is 0. The van der Waals surface area contributed by atoms with E-state index >= 15 is 0 Å². The molecule has 5 nitrogen and oxygen atoms in total. The number of nitrogens with zero attached hydrogens (tertiary/aromatic N) is 4. The molecule has 27 heavy (non-hydrogen) atoms. The summed E-state index contributed by atoms with van der Waals surface area (Å²) in [6.45, 7) is 2.07. The lowest BCUT2D eigenvalue weighted by atomic mass is 9.98. The molecule has 8 heteroatoms. The zero-order valence-corrected chi connectivity index (χ0v) is 14.8. The smallest absolute Gasteiger partial charge is 0.417 e. The number of anilines is 1. The van der Waals surface area contributed by atoms with E-state index in [4.69, 9.17) is 4.74 Å². The quantitative estimate of drug-likeness (QED) is 0.785. The monoisotopic (exact) mass is 378 g/mol. The van der Waals surface area contributed by atoms with Crippen molar-refractivity contribution in [2.75, 3.05) is 24.6 Å². The van der Waals surface area contributed by atoms with Crippen molar-refractivity contribution in [1.29, 1.82) is 0 Å². The molecular formula is C19H21F3N4O. The molecule has 0 radical (unpaired) electrons. The lowest BCUT2D eigenvalue weighted by Crippen LogP contribution is -2.36. The van der Waals surface area contributed by atoms with E-state index in [9.17, 15) is 13.2 Å². The maximum atomic E-state index is 12.6. The average molecular weight is 378 g/mol. The van der Waals surface area contributed by atoms with Gasteiger partial charge in [-0.25, -0.2) is 4.98 Å². The highest BCUT2D eigenvalue weighted by Gasteiger charge is 2.31. The van der Waals surface area contributed by atoms with Gasteiger partial charge in [0.2, 0.25) is 5.88 Å². The minimum Gasteiger partial charge on any atom is -0.476 e. The van der Waals surface area contributed by atoms with Gasteiger partial charge in [0.1, 0.15) is 5.82 Å². The number of pyridine rings is 1. The second-order valence-corrected chi connectivity index (χ2v) is 7.21. The molecular weight excluding hydrogens is 357 g/mol. The van der Waals surface area contributed by atoms with Crippen LogP contribution in [-0.2, 0) is 6.18 Å². The number of halogens is 3. The van der Waals surface area contributed by atoms with Crippen LogP contribution in [0.2, 0.25) is 0 Å².